The standard InChI is InChI=1S/C25H33N3O6/c1-4-33-21-15-20(27-10-12-32-13-11-27)22(34-5-2)14-19(21)26-23(29)16(3)28-24(30)17-8-6-7-9-18(17)25(28)31/h6-7,14-18H,4-5,8-13H2,1-3H3,(H,26,29)/t16-,17-,18-/m0/s1. The number of likely N-dealkylation sites (tertiary alicyclic amines) is 1. The molecule has 34 heavy (non-hydrogen) atoms. The third kappa shape index (κ3) is 4.61. The number of imide groups is 1. The van der Waals surface area contributed by atoms with Crippen LogP contribution < -0.4 is 19.7 Å². The van der Waals surface area contributed by atoms with E-state index in [9.17, 15) is 14.4 Å². The molecule has 2 heterocycles. The number of ether oxygens (including phenoxy) is 3. The van der Waals surface area contributed by atoms with Crippen molar-refractivity contribution in [1.82, 2.24) is 4.90 Å². The van der Waals surface area contributed by atoms with Crippen molar-refractivity contribution in [3.05, 3.63) is 24.3 Å². The van der Waals surface area contributed by atoms with Gasteiger partial charge in [0.15, 0.2) is 0 Å². The summed E-state index contributed by atoms with van der Waals surface area (Å²) in [5.41, 5.74) is 1.32. The predicted molar refractivity (Wildman–Crippen MR) is 127 cm³/mol. The molecule has 1 N–H and O–H groups in total. The number of nitrogens with zero attached hydrogens (tertiary/aromatic N) is 2. The van der Waals surface area contributed by atoms with Gasteiger partial charge in [-0.25, -0.2) is 0 Å². The summed E-state index contributed by atoms with van der Waals surface area (Å²) in [7, 11) is 0. The molecule has 3 atom stereocenters. The van der Waals surface area contributed by atoms with Gasteiger partial charge in [-0.15, -0.1) is 0 Å². The van der Waals surface area contributed by atoms with E-state index < -0.39 is 11.9 Å². The molecule has 2 fully saturated rings. The maximum Gasteiger partial charge on any atom is 0.247 e. The number of anilines is 2. The summed E-state index contributed by atoms with van der Waals surface area (Å²) in [6.45, 7) is 8.94. The smallest absolute Gasteiger partial charge is 0.247 e. The van der Waals surface area contributed by atoms with Gasteiger partial charge in [-0.1, -0.05) is 12.2 Å². The Kier molecular flexibility index (Phi) is 7.41. The van der Waals surface area contributed by atoms with E-state index in [1.54, 1.807) is 13.0 Å². The van der Waals surface area contributed by atoms with E-state index in [1.807, 2.05) is 32.1 Å². The van der Waals surface area contributed by atoms with Crippen LogP contribution in [0.25, 0.3) is 0 Å². The van der Waals surface area contributed by atoms with Gasteiger partial charge in [0, 0.05) is 25.2 Å². The van der Waals surface area contributed by atoms with Gasteiger partial charge in [-0.2, -0.15) is 0 Å². The minimum Gasteiger partial charge on any atom is -0.492 e. The highest BCUT2D eigenvalue weighted by molar-refractivity contribution is 6.10. The number of benzene rings is 1. The van der Waals surface area contributed by atoms with E-state index in [0.717, 1.165) is 23.7 Å². The monoisotopic (exact) mass is 471 g/mol. The van der Waals surface area contributed by atoms with E-state index in [2.05, 4.69) is 10.2 Å². The molecule has 2 aliphatic heterocycles. The summed E-state index contributed by atoms with van der Waals surface area (Å²) in [4.78, 5) is 42.3. The Morgan fingerprint density at radius 2 is 1.62 bits per heavy atom. The number of carbonyl (C=O) groups is 3. The number of hydrogen-bond acceptors (Lipinski definition) is 7. The van der Waals surface area contributed by atoms with E-state index in [0.29, 0.717) is 56.5 Å². The summed E-state index contributed by atoms with van der Waals surface area (Å²) in [6.07, 6.45) is 4.94. The number of carbonyl (C=O) groups excluding carboxylic acids is 3. The summed E-state index contributed by atoms with van der Waals surface area (Å²) in [5, 5.41) is 2.87. The Morgan fingerprint density at radius 1 is 1.03 bits per heavy atom. The van der Waals surface area contributed by atoms with Crippen molar-refractivity contribution in [3.63, 3.8) is 0 Å². The van der Waals surface area contributed by atoms with Crippen molar-refractivity contribution >= 4 is 29.1 Å². The van der Waals surface area contributed by atoms with Gasteiger partial charge in [-0.05, 0) is 33.6 Å². The Balaban J connectivity index is 1.58. The molecule has 0 aromatic heterocycles. The van der Waals surface area contributed by atoms with Crippen molar-refractivity contribution in [3.8, 4) is 11.5 Å². The molecule has 3 aliphatic rings. The highest BCUT2D eigenvalue weighted by Gasteiger charge is 2.50. The van der Waals surface area contributed by atoms with Gasteiger partial charge < -0.3 is 24.4 Å². The lowest BCUT2D eigenvalue weighted by molar-refractivity contribution is -0.146. The fourth-order valence-corrected chi connectivity index (χ4v) is 4.81. The molecule has 1 aromatic rings. The van der Waals surface area contributed by atoms with E-state index in [4.69, 9.17) is 14.2 Å². The highest BCUT2D eigenvalue weighted by Crippen LogP contribution is 2.40. The maximum atomic E-state index is 13.2. The zero-order valence-electron chi connectivity index (χ0n) is 20.0. The zero-order chi connectivity index (χ0) is 24.2. The van der Waals surface area contributed by atoms with Crippen LogP contribution in [-0.4, -0.2) is 68.2 Å². The molecule has 2 saturated heterocycles. The summed E-state index contributed by atoms with van der Waals surface area (Å²) >= 11 is 0. The molecule has 1 aromatic carbocycles. The van der Waals surface area contributed by atoms with Gasteiger partial charge >= 0.3 is 0 Å². The van der Waals surface area contributed by atoms with Crippen LogP contribution in [0.15, 0.2) is 24.3 Å². The number of hydrogen-bond donors (Lipinski definition) is 1. The molecule has 9 heteroatoms. The van der Waals surface area contributed by atoms with Crippen LogP contribution >= 0.6 is 0 Å². The lowest BCUT2D eigenvalue weighted by Crippen LogP contribution is -2.46. The minimum absolute atomic E-state index is 0.273. The Labute approximate surface area is 200 Å². The van der Waals surface area contributed by atoms with E-state index in [1.165, 1.54) is 0 Å². The molecule has 0 radical (unpaired) electrons. The van der Waals surface area contributed by atoms with E-state index in [-0.39, 0.29) is 23.7 Å². The molecule has 3 amide bonds. The molecule has 0 saturated carbocycles. The Hall–Kier alpha value is -3.07. The lowest BCUT2D eigenvalue weighted by Gasteiger charge is -2.31. The SMILES string of the molecule is CCOc1cc(N2CCOCC2)c(OCC)cc1NC(=O)[C@H](C)N1C(=O)[C@H]2CC=CC[C@@H]2C1=O. The fourth-order valence-electron chi connectivity index (χ4n) is 4.81. The molecule has 0 spiro atoms. The maximum absolute atomic E-state index is 13.2. The lowest BCUT2D eigenvalue weighted by atomic mass is 9.85. The molecule has 1 aliphatic carbocycles. The van der Waals surface area contributed by atoms with Crippen molar-refractivity contribution in [2.24, 2.45) is 11.8 Å². The molecular weight excluding hydrogens is 438 g/mol. The van der Waals surface area contributed by atoms with Crippen LogP contribution in [0.2, 0.25) is 0 Å². The second kappa shape index (κ2) is 10.5. The second-order valence-electron chi connectivity index (χ2n) is 8.65. The number of fused-ring (bicyclic) bond motifs is 1. The number of morpholine rings is 1. The second-order valence-corrected chi connectivity index (χ2v) is 8.65. The van der Waals surface area contributed by atoms with Crippen LogP contribution in [0.4, 0.5) is 11.4 Å². The minimum atomic E-state index is -0.936. The van der Waals surface area contributed by atoms with Crippen molar-refractivity contribution in [2.75, 3.05) is 49.7 Å². The van der Waals surface area contributed by atoms with Crippen LogP contribution in [0, 0.1) is 11.8 Å². The van der Waals surface area contributed by atoms with Crippen LogP contribution in [0.5, 0.6) is 11.5 Å². The third-order valence-electron chi connectivity index (χ3n) is 6.58. The highest BCUT2D eigenvalue weighted by atomic mass is 16.5. The van der Waals surface area contributed by atoms with Crippen molar-refractivity contribution in [1.29, 1.82) is 0 Å². The number of amides is 3. The van der Waals surface area contributed by atoms with Gasteiger partial charge in [0.25, 0.3) is 0 Å². The van der Waals surface area contributed by atoms with Gasteiger partial charge in [0.1, 0.15) is 17.5 Å². The first-order valence-electron chi connectivity index (χ1n) is 12.0. The third-order valence-corrected chi connectivity index (χ3v) is 6.58. The fraction of sp³-hybridized carbons (Fsp3) is 0.560. The molecule has 4 rings (SSSR count). The summed E-state index contributed by atoms with van der Waals surface area (Å²) < 4.78 is 17.2. The topological polar surface area (TPSA) is 97.4 Å². The molecule has 9 nitrogen and oxygen atoms in total. The first-order valence-corrected chi connectivity index (χ1v) is 12.0. The van der Waals surface area contributed by atoms with Crippen LogP contribution in [0.1, 0.15) is 33.6 Å². The van der Waals surface area contributed by atoms with Gasteiger partial charge in [0.05, 0.1) is 49.6 Å². The normalized spacial score (nSPS) is 23.0. The average Bonchev–Trinajstić information content (AvgIpc) is 3.11. The molecule has 0 unspecified atom stereocenters. The number of nitrogens with one attached hydrogen (secondary N) is 1. The number of rotatable bonds is 8. The average molecular weight is 472 g/mol. The van der Waals surface area contributed by atoms with Crippen LogP contribution in [-0.2, 0) is 19.1 Å². The van der Waals surface area contributed by atoms with Gasteiger partial charge in [0.2, 0.25) is 17.7 Å². The summed E-state index contributed by atoms with van der Waals surface area (Å²) in [5.74, 6) is -0.607. The first-order chi connectivity index (χ1) is 16.5. The quantitative estimate of drug-likeness (QED) is 0.460. The summed E-state index contributed by atoms with van der Waals surface area (Å²) in [6, 6.07) is 2.68. The zero-order valence-corrected chi connectivity index (χ0v) is 20.0. The predicted octanol–water partition coefficient (Wildman–Crippen LogP) is 2.60. The molecule has 184 valence electrons. The molecule has 0 bridgehead atoms. The van der Waals surface area contributed by atoms with Gasteiger partial charge in [-0.3, -0.25) is 19.3 Å². The number of allylic oxidation sites excluding steroid dienone is 2. The van der Waals surface area contributed by atoms with E-state index >= 15 is 0 Å². The Morgan fingerprint density at radius 3 is 2.21 bits per heavy atom. The van der Waals surface area contributed by atoms with Crippen molar-refractivity contribution < 1.29 is 28.6 Å². The largest absolute Gasteiger partial charge is 0.492 e. The first kappa shape index (κ1) is 24.1. The van der Waals surface area contributed by atoms with Crippen LogP contribution in [0.3, 0.4) is 0 Å². The Bertz CT molecular complexity index is 946. The van der Waals surface area contributed by atoms with Crippen molar-refractivity contribution in [2.45, 2.75) is 39.7 Å². The molecular formula is C25H33N3O6.